The monoisotopic (exact) mass is 160 g/mol. The van der Waals surface area contributed by atoms with Gasteiger partial charge in [-0.25, -0.2) is 0 Å². The second kappa shape index (κ2) is 5.18. The Morgan fingerprint density at radius 3 is 2.82 bits per heavy atom. The molecule has 0 aliphatic rings. The van der Waals surface area contributed by atoms with Crippen LogP contribution < -0.4 is 34.7 Å². The van der Waals surface area contributed by atoms with E-state index in [9.17, 15) is 9.90 Å². The molecule has 0 unspecified atom stereocenters. The quantitative estimate of drug-likeness (QED) is 0.205. The zero-order chi connectivity index (χ0) is 7.40. The number of carbonyl (C=O) groups excluding carboxylic acids is 1. The van der Waals surface area contributed by atoms with Crippen LogP contribution in [-0.2, 0) is 0 Å². The van der Waals surface area contributed by atoms with Crippen LogP contribution in [-0.4, -0.2) is 5.78 Å². The van der Waals surface area contributed by atoms with Crippen LogP contribution in [0.2, 0.25) is 0 Å². The van der Waals surface area contributed by atoms with E-state index in [1.807, 2.05) is 0 Å². The molecule has 3 nitrogen and oxygen atoms in total. The summed E-state index contributed by atoms with van der Waals surface area (Å²) in [5, 5.41) is 9.80. The van der Waals surface area contributed by atoms with Gasteiger partial charge in [-0.2, -0.15) is 0 Å². The Hall–Kier alpha value is -0.510. The summed E-state index contributed by atoms with van der Waals surface area (Å²) in [7, 11) is 0. The number of furan rings is 1. The van der Waals surface area contributed by atoms with Crippen molar-refractivity contribution in [2.75, 3.05) is 0 Å². The number of allylic oxidation sites excluding steroid dienone is 1. The summed E-state index contributed by atoms with van der Waals surface area (Å²) in [5.41, 5.74) is 0.395. The molecule has 52 valence electrons. The Labute approximate surface area is 86.0 Å². The van der Waals surface area contributed by atoms with E-state index in [1.165, 1.54) is 18.6 Å². The predicted molar refractivity (Wildman–Crippen MR) is 32.2 cm³/mol. The standard InChI is InChI=1S/C7H6O3.Na/c8-3-1-7(9)6-2-4-10-5-6;/h1-5,8H;/q;+1/p-1. The molecule has 0 spiro atoms. The fourth-order valence-electron chi connectivity index (χ4n) is 0.563. The summed E-state index contributed by atoms with van der Waals surface area (Å²) >= 11 is 0. The molecule has 0 aromatic carbocycles. The maximum atomic E-state index is 10.8. The van der Waals surface area contributed by atoms with Crippen molar-refractivity contribution in [3.05, 3.63) is 36.5 Å². The molecular formula is C7H5NaO3. The predicted octanol–water partition coefficient (Wildman–Crippen LogP) is -2.66. The van der Waals surface area contributed by atoms with Gasteiger partial charge >= 0.3 is 29.6 Å². The number of rotatable bonds is 2. The molecular weight excluding hydrogens is 155 g/mol. The minimum atomic E-state index is -0.330. The summed E-state index contributed by atoms with van der Waals surface area (Å²) in [6.45, 7) is 0. The molecule has 0 N–H and O–H groups in total. The molecule has 1 aromatic rings. The maximum absolute atomic E-state index is 10.8. The Morgan fingerprint density at radius 2 is 2.36 bits per heavy atom. The van der Waals surface area contributed by atoms with Crippen LogP contribution in [0.1, 0.15) is 10.4 Å². The molecule has 0 aliphatic heterocycles. The van der Waals surface area contributed by atoms with Gasteiger partial charge < -0.3 is 9.52 Å². The van der Waals surface area contributed by atoms with Gasteiger partial charge in [-0.3, -0.25) is 4.79 Å². The molecule has 0 amide bonds. The first-order valence-electron chi connectivity index (χ1n) is 2.69. The zero-order valence-corrected chi connectivity index (χ0v) is 8.11. The summed E-state index contributed by atoms with van der Waals surface area (Å²) in [4.78, 5) is 10.8. The van der Waals surface area contributed by atoms with E-state index in [2.05, 4.69) is 4.42 Å². The average molecular weight is 160 g/mol. The first-order chi connectivity index (χ1) is 4.84. The SMILES string of the molecule is O=C(C=C[O-])c1ccoc1.[Na+]. The van der Waals surface area contributed by atoms with Gasteiger partial charge in [-0.15, -0.1) is 6.26 Å². The average Bonchev–Trinajstić information content (AvgIpc) is 2.38. The van der Waals surface area contributed by atoms with Crippen LogP contribution >= 0.6 is 0 Å². The Kier molecular flexibility index (Phi) is 4.94. The topological polar surface area (TPSA) is 53.3 Å². The maximum Gasteiger partial charge on any atom is 1.00 e. The van der Waals surface area contributed by atoms with Crippen LogP contribution in [0.25, 0.3) is 0 Å². The van der Waals surface area contributed by atoms with E-state index in [0.717, 1.165) is 6.08 Å². The van der Waals surface area contributed by atoms with Crippen LogP contribution in [0.3, 0.4) is 0 Å². The van der Waals surface area contributed by atoms with Gasteiger partial charge in [0.25, 0.3) is 0 Å². The third-order valence-corrected chi connectivity index (χ3v) is 1.03. The van der Waals surface area contributed by atoms with Crippen LogP contribution in [0.4, 0.5) is 0 Å². The van der Waals surface area contributed by atoms with Crippen molar-refractivity contribution in [2.24, 2.45) is 0 Å². The van der Waals surface area contributed by atoms with Gasteiger partial charge in [-0.1, -0.05) is 0 Å². The summed E-state index contributed by atoms with van der Waals surface area (Å²) in [6, 6.07) is 1.50. The molecule has 1 aromatic heterocycles. The number of carbonyl (C=O) groups is 1. The van der Waals surface area contributed by atoms with E-state index in [0.29, 0.717) is 11.8 Å². The smallest absolute Gasteiger partial charge is 0.878 e. The van der Waals surface area contributed by atoms with Crippen LogP contribution in [0, 0.1) is 0 Å². The third-order valence-electron chi connectivity index (χ3n) is 1.03. The second-order valence-electron chi connectivity index (χ2n) is 1.68. The van der Waals surface area contributed by atoms with Crippen molar-refractivity contribution in [3.8, 4) is 0 Å². The third kappa shape index (κ3) is 2.93. The molecule has 0 saturated heterocycles. The van der Waals surface area contributed by atoms with Gasteiger partial charge in [0.1, 0.15) is 6.26 Å². The molecule has 0 saturated carbocycles. The van der Waals surface area contributed by atoms with E-state index in [4.69, 9.17) is 0 Å². The molecule has 0 atom stereocenters. The van der Waals surface area contributed by atoms with Crippen molar-refractivity contribution < 1.29 is 43.9 Å². The normalized spacial score (nSPS) is 9.45. The molecule has 1 rings (SSSR count). The Bertz CT molecular complexity index is 238. The van der Waals surface area contributed by atoms with E-state index < -0.39 is 0 Å². The summed E-state index contributed by atoms with van der Waals surface area (Å²) in [6.07, 6.45) is 4.08. The van der Waals surface area contributed by atoms with Gasteiger partial charge in [0, 0.05) is 0 Å². The van der Waals surface area contributed by atoms with Crippen LogP contribution in [0.5, 0.6) is 0 Å². The Balaban J connectivity index is 0.000001000. The summed E-state index contributed by atoms with van der Waals surface area (Å²) < 4.78 is 4.63. The second-order valence-corrected chi connectivity index (χ2v) is 1.68. The summed E-state index contributed by atoms with van der Waals surface area (Å²) in [5.74, 6) is -0.330. The molecule has 0 aliphatic carbocycles. The van der Waals surface area contributed by atoms with E-state index in [-0.39, 0.29) is 35.3 Å². The van der Waals surface area contributed by atoms with E-state index in [1.54, 1.807) is 0 Å². The van der Waals surface area contributed by atoms with Crippen molar-refractivity contribution in [3.63, 3.8) is 0 Å². The minimum Gasteiger partial charge on any atom is -0.878 e. The fraction of sp³-hybridized carbons (Fsp3) is 0. The number of ketones is 1. The molecule has 11 heavy (non-hydrogen) atoms. The molecule has 1 heterocycles. The van der Waals surface area contributed by atoms with Gasteiger partial charge in [0.15, 0.2) is 5.78 Å². The van der Waals surface area contributed by atoms with Crippen LogP contribution in [0.15, 0.2) is 35.3 Å². The van der Waals surface area contributed by atoms with Crippen molar-refractivity contribution in [1.82, 2.24) is 0 Å². The van der Waals surface area contributed by atoms with Gasteiger partial charge in [0.2, 0.25) is 0 Å². The van der Waals surface area contributed by atoms with E-state index >= 15 is 0 Å². The molecule has 0 bridgehead atoms. The fourth-order valence-corrected chi connectivity index (χ4v) is 0.563. The van der Waals surface area contributed by atoms with Crippen molar-refractivity contribution in [1.29, 1.82) is 0 Å². The minimum absolute atomic E-state index is 0. The largest absolute Gasteiger partial charge is 1.00 e. The van der Waals surface area contributed by atoms with Gasteiger partial charge in [-0.05, 0) is 12.1 Å². The van der Waals surface area contributed by atoms with Crippen molar-refractivity contribution in [2.45, 2.75) is 0 Å². The first kappa shape index (κ1) is 10.5. The Morgan fingerprint density at radius 1 is 1.64 bits per heavy atom. The zero-order valence-electron chi connectivity index (χ0n) is 6.11. The number of hydrogen-bond acceptors (Lipinski definition) is 3. The number of hydrogen-bond donors (Lipinski definition) is 0. The van der Waals surface area contributed by atoms with Crippen molar-refractivity contribution >= 4 is 5.78 Å². The molecule has 0 radical (unpaired) electrons. The molecule has 4 heteroatoms. The first-order valence-corrected chi connectivity index (χ1v) is 2.69. The molecule has 0 fully saturated rings. The van der Waals surface area contributed by atoms with Gasteiger partial charge in [0.05, 0.1) is 11.8 Å².